The molecule has 0 aliphatic carbocycles. The van der Waals surface area contributed by atoms with E-state index in [9.17, 15) is 19.7 Å². The Hall–Kier alpha value is -3.22. The Morgan fingerprint density at radius 2 is 1.76 bits per heavy atom. The van der Waals surface area contributed by atoms with Gasteiger partial charge in [-0.25, -0.2) is 0 Å². The number of hydrogen-bond donors (Lipinski definition) is 1. The third-order valence-corrected chi connectivity index (χ3v) is 3.50. The van der Waals surface area contributed by atoms with Crippen LogP contribution >= 0.6 is 0 Å². The van der Waals surface area contributed by atoms with Crippen molar-refractivity contribution in [1.29, 1.82) is 0 Å². The highest BCUT2D eigenvalue weighted by Crippen LogP contribution is 2.18. The van der Waals surface area contributed by atoms with Gasteiger partial charge in [0.05, 0.1) is 17.4 Å². The molecule has 0 saturated heterocycles. The third kappa shape index (κ3) is 5.72. The fourth-order valence-corrected chi connectivity index (χ4v) is 2.29. The summed E-state index contributed by atoms with van der Waals surface area (Å²) < 4.78 is 5.20. The summed E-state index contributed by atoms with van der Waals surface area (Å²) in [5.74, 6) is -0.710. The third-order valence-electron chi connectivity index (χ3n) is 3.50. The zero-order chi connectivity index (χ0) is 18.2. The second-order valence-electron chi connectivity index (χ2n) is 5.45. The molecule has 2 rings (SSSR count). The van der Waals surface area contributed by atoms with Crippen molar-refractivity contribution in [2.24, 2.45) is 0 Å². The molecule has 0 radical (unpaired) electrons. The van der Waals surface area contributed by atoms with Gasteiger partial charge in [-0.15, -0.1) is 0 Å². The standard InChI is InChI=1S/C18H18N2O5/c1-13(21)19-17(15-5-3-2-4-6-15)11-18(22)25-12-14-7-9-16(10-8-14)20(23)24/h2-10,17H,11-12H2,1H3,(H,19,21)/t17-/m0/s1. The van der Waals surface area contributed by atoms with Crippen LogP contribution in [0.15, 0.2) is 54.6 Å². The van der Waals surface area contributed by atoms with Gasteiger partial charge >= 0.3 is 5.97 Å². The lowest BCUT2D eigenvalue weighted by Gasteiger charge is -2.17. The largest absolute Gasteiger partial charge is 0.461 e. The molecule has 0 heterocycles. The summed E-state index contributed by atoms with van der Waals surface area (Å²) in [6, 6.07) is 14.5. The molecule has 0 saturated carbocycles. The molecule has 1 atom stereocenters. The Morgan fingerprint density at radius 1 is 1.12 bits per heavy atom. The van der Waals surface area contributed by atoms with Crippen LogP contribution in [0.2, 0.25) is 0 Å². The lowest BCUT2D eigenvalue weighted by atomic mass is 10.0. The summed E-state index contributed by atoms with van der Waals surface area (Å²) in [6.07, 6.45) is -0.00340. The van der Waals surface area contributed by atoms with Crippen LogP contribution in [-0.4, -0.2) is 16.8 Å². The number of nitrogens with zero attached hydrogens (tertiary/aromatic N) is 1. The van der Waals surface area contributed by atoms with Gasteiger partial charge in [0.25, 0.3) is 5.69 Å². The first-order valence-electron chi connectivity index (χ1n) is 7.66. The van der Waals surface area contributed by atoms with Gasteiger partial charge in [0.1, 0.15) is 6.61 Å². The van der Waals surface area contributed by atoms with E-state index in [4.69, 9.17) is 4.74 Å². The average Bonchev–Trinajstić information content (AvgIpc) is 2.60. The van der Waals surface area contributed by atoms with Gasteiger partial charge in [-0.3, -0.25) is 19.7 Å². The van der Waals surface area contributed by atoms with E-state index in [-0.39, 0.29) is 24.6 Å². The molecule has 0 aliphatic rings. The van der Waals surface area contributed by atoms with Crippen molar-refractivity contribution in [3.8, 4) is 0 Å². The van der Waals surface area contributed by atoms with Gasteiger partial charge in [0, 0.05) is 19.1 Å². The van der Waals surface area contributed by atoms with Gasteiger partial charge in [-0.05, 0) is 23.3 Å². The quantitative estimate of drug-likeness (QED) is 0.474. The molecular formula is C18H18N2O5. The molecule has 2 aromatic carbocycles. The normalized spacial score (nSPS) is 11.4. The number of esters is 1. The second-order valence-corrected chi connectivity index (χ2v) is 5.45. The first kappa shape index (κ1) is 18.1. The number of amides is 1. The summed E-state index contributed by atoms with van der Waals surface area (Å²) in [4.78, 5) is 33.5. The monoisotopic (exact) mass is 342 g/mol. The molecular weight excluding hydrogens is 324 g/mol. The second kappa shape index (κ2) is 8.58. The minimum absolute atomic E-state index is 0.00340. The summed E-state index contributed by atoms with van der Waals surface area (Å²) in [5.41, 5.74) is 1.43. The van der Waals surface area contributed by atoms with Gasteiger partial charge in [0.15, 0.2) is 0 Å². The molecule has 1 N–H and O–H groups in total. The lowest BCUT2D eigenvalue weighted by Crippen LogP contribution is -2.28. The van der Waals surface area contributed by atoms with Crippen LogP contribution in [0.4, 0.5) is 5.69 Å². The van der Waals surface area contributed by atoms with Gasteiger partial charge in [-0.1, -0.05) is 30.3 Å². The van der Waals surface area contributed by atoms with Crippen molar-refractivity contribution >= 4 is 17.6 Å². The van der Waals surface area contributed by atoms with E-state index < -0.39 is 16.9 Å². The zero-order valence-corrected chi connectivity index (χ0v) is 13.7. The smallest absolute Gasteiger partial charge is 0.308 e. The van der Waals surface area contributed by atoms with Crippen LogP contribution in [0.5, 0.6) is 0 Å². The predicted molar refractivity (Wildman–Crippen MR) is 90.5 cm³/mol. The minimum atomic E-state index is -0.492. The van der Waals surface area contributed by atoms with E-state index in [2.05, 4.69) is 5.32 Å². The summed E-state index contributed by atoms with van der Waals surface area (Å²) >= 11 is 0. The predicted octanol–water partition coefficient (Wildman–Crippen LogP) is 2.91. The molecule has 0 aromatic heterocycles. The van der Waals surface area contributed by atoms with E-state index >= 15 is 0 Å². The zero-order valence-electron chi connectivity index (χ0n) is 13.7. The molecule has 2 aromatic rings. The first-order valence-corrected chi connectivity index (χ1v) is 7.66. The van der Waals surface area contributed by atoms with Crippen molar-refractivity contribution in [2.75, 3.05) is 0 Å². The molecule has 7 heteroatoms. The number of carbonyl (C=O) groups is 2. The number of hydrogen-bond acceptors (Lipinski definition) is 5. The van der Waals surface area contributed by atoms with Crippen LogP contribution < -0.4 is 5.32 Å². The molecule has 0 unspecified atom stereocenters. The van der Waals surface area contributed by atoms with Crippen LogP contribution in [0.3, 0.4) is 0 Å². The van der Waals surface area contributed by atoms with Crippen molar-refractivity contribution in [1.82, 2.24) is 5.32 Å². The maximum atomic E-state index is 12.1. The van der Waals surface area contributed by atoms with Crippen LogP contribution in [-0.2, 0) is 20.9 Å². The molecule has 1 amide bonds. The van der Waals surface area contributed by atoms with Crippen molar-refractivity contribution in [2.45, 2.75) is 26.0 Å². The Morgan fingerprint density at radius 3 is 2.32 bits per heavy atom. The Kier molecular flexibility index (Phi) is 6.22. The van der Waals surface area contributed by atoms with Crippen LogP contribution in [0.1, 0.15) is 30.5 Å². The maximum Gasteiger partial charge on any atom is 0.308 e. The lowest BCUT2D eigenvalue weighted by molar-refractivity contribution is -0.384. The number of non-ortho nitro benzene ring substituents is 1. The number of nitrogens with one attached hydrogen (secondary N) is 1. The van der Waals surface area contributed by atoms with E-state index in [0.29, 0.717) is 5.56 Å². The fourth-order valence-electron chi connectivity index (χ4n) is 2.29. The van der Waals surface area contributed by atoms with E-state index in [1.807, 2.05) is 30.3 Å². The molecule has 130 valence electrons. The molecule has 7 nitrogen and oxygen atoms in total. The summed E-state index contributed by atoms with van der Waals surface area (Å²) in [7, 11) is 0. The first-order chi connectivity index (χ1) is 12.0. The fraction of sp³-hybridized carbons (Fsp3) is 0.222. The highest BCUT2D eigenvalue weighted by atomic mass is 16.6. The van der Waals surface area contributed by atoms with Crippen LogP contribution in [0, 0.1) is 10.1 Å². The SMILES string of the molecule is CC(=O)N[C@@H](CC(=O)OCc1ccc([N+](=O)[O-])cc1)c1ccccc1. The highest BCUT2D eigenvalue weighted by molar-refractivity contribution is 5.76. The van der Waals surface area contributed by atoms with E-state index in [1.54, 1.807) is 0 Å². The van der Waals surface area contributed by atoms with Crippen molar-refractivity contribution in [3.05, 3.63) is 75.8 Å². The van der Waals surface area contributed by atoms with Crippen molar-refractivity contribution in [3.63, 3.8) is 0 Å². The average molecular weight is 342 g/mol. The number of carbonyl (C=O) groups excluding carboxylic acids is 2. The summed E-state index contributed by atoms with van der Waals surface area (Å²) in [6.45, 7) is 1.40. The number of nitro groups is 1. The van der Waals surface area contributed by atoms with E-state index in [0.717, 1.165) is 5.56 Å². The van der Waals surface area contributed by atoms with Crippen molar-refractivity contribution < 1.29 is 19.2 Å². The Bertz CT molecular complexity index is 744. The van der Waals surface area contributed by atoms with Gasteiger partial charge in [0.2, 0.25) is 5.91 Å². The Balaban J connectivity index is 1.94. The topological polar surface area (TPSA) is 98.5 Å². The molecule has 0 fully saturated rings. The molecule has 25 heavy (non-hydrogen) atoms. The molecule has 0 aliphatic heterocycles. The number of benzene rings is 2. The maximum absolute atomic E-state index is 12.1. The highest BCUT2D eigenvalue weighted by Gasteiger charge is 2.18. The summed E-state index contributed by atoms with van der Waals surface area (Å²) in [5, 5.41) is 13.3. The van der Waals surface area contributed by atoms with Crippen LogP contribution in [0.25, 0.3) is 0 Å². The molecule has 0 spiro atoms. The number of nitro benzene ring substituents is 1. The number of rotatable bonds is 7. The van der Waals surface area contributed by atoms with Gasteiger partial charge < -0.3 is 10.1 Å². The Labute approximate surface area is 144 Å². The minimum Gasteiger partial charge on any atom is -0.461 e. The van der Waals surface area contributed by atoms with Gasteiger partial charge in [-0.2, -0.15) is 0 Å². The molecule has 0 bridgehead atoms. The number of ether oxygens (including phenoxy) is 1. The van der Waals surface area contributed by atoms with E-state index in [1.165, 1.54) is 31.2 Å².